The van der Waals surface area contributed by atoms with E-state index in [0.29, 0.717) is 0 Å². The highest BCUT2D eigenvalue weighted by Gasteiger charge is 2.23. The first-order chi connectivity index (χ1) is 9.22. The fraction of sp³-hybridized carbons (Fsp3) is 0.333. The normalized spacial score (nSPS) is 12.4. The van der Waals surface area contributed by atoms with Crippen molar-refractivity contribution in [3.05, 3.63) is 33.6 Å². The minimum absolute atomic E-state index is 0.143. The van der Waals surface area contributed by atoms with Crippen LogP contribution in [0.15, 0.2) is 12.1 Å². The third-order valence-electron chi connectivity index (χ3n) is 2.71. The van der Waals surface area contributed by atoms with Crippen LogP contribution in [0.4, 0.5) is 4.39 Å². The molecule has 8 heteroatoms. The average molecular weight is 324 g/mol. The standard InChI is InChI=1S/C12H12Cl2FNO4/c1-6(16(4-11(17)18)5-12(19)20)7-2-10(15)9(14)3-8(7)13/h2-3,6H,4-5H2,1H3,(H,17,18)(H,19,20). The number of hydrogen-bond donors (Lipinski definition) is 2. The van der Waals surface area contributed by atoms with Gasteiger partial charge in [0.05, 0.1) is 18.1 Å². The third kappa shape index (κ3) is 4.33. The summed E-state index contributed by atoms with van der Waals surface area (Å²) in [5, 5.41) is 17.6. The Morgan fingerprint density at radius 2 is 1.70 bits per heavy atom. The Morgan fingerprint density at radius 3 is 2.15 bits per heavy atom. The van der Waals surface area contributed by atoms with E-state index < -0.39 is 36.9 Å². The number of carboxylic acid groups (broad SMARTS) is 2. The second-order valence-corrected chi connectivity index (χ2v) is 4.97. The Morgan fingerprint density at radius 1 is 1.20 bits per heavy atom. The van der Waals surface area contributed by atoms with Gasteiger partial charge in [-0.05, 0) is 24.6 Å². The maximum absolute atomic E-state index is 13.5. The van der Waals surface area contributed by atoms with Crippen LogP contribution in [0.3, 0.4) is 0 Å². The monoisotopic (exact) mass is 323 g/mol. The lowest BCUT2D eigenvalue weighted by Crippen LogP contribution is -2.36. The predicted molar refractivity (Wildman–Crippen MR) is 71.7 cm³/mol. The quantitative estimate of drug-likeness (QED) is 0.787. The van der Waals surface area contributed by atoms with Gasteiger partial charge in [-0.25, -0.2) is 4.39 Å². The summed E-state index contributed by atoms with van der Waals surface area (Å²) in [6.07, 6.45) is 0. The second kappa shape index (κ2) is 6.88. The summed E-state index contributed by atoms with van der Waals surface area (Å²) in [5.74, 6) is -3.09. The van der Waals surface area contributed by atoms with Gasteiger partial charge in [-0.1, -0.05) is 23.2 Å². The van der Waals surface area contributed by atoms with Crippen LogP contribution >= 0.6 is 23.2 Å². The molecule has 0 aromatic heterocycles. The zero-order valence-corrected chi connectivity index (χ0v) is 12.0. The van der Waals surface area contributed by atoms with Crippen molar-refractivity contribution in [2.24, 2.45) is 0 Å². The molecule has 1 atom stereocenters. The smallest absolute Gasteiger partial charge is 0.317 e. The van der Waals surface area contributed by atoms with Crippen LogP contribution in [0.5, 0.6) is 0 Å². The van der Waals surface area contributed by atoms with Gasteiger partial charge in [0.2, 0.25) is 0 Å². The molecule has 0 saturated carbocycles. The van der Waals surface area contributed by atoms with Crippen molar-refractivity contribution in [2.75, 3.05) is 13.1 Å². The predicted octanol–water partition coefficient (Wildman–Crippen LogP) is 2.66. The first-order valence-corrected chi connectivity index (χ1v) is 6.30. The molecule has 0 spiro atoms. The van der Waals surface area contributed by atoms with Crippen LogP contribution in [-0.2, 0) is 9.59 Å². The molecule has 0 aliphatic rings. The van der Waals surface area contributed by atoms with E-state index in [1.165, 1.54) is 6.07 Å². The maximum Gasteiger partial charge on any atom is 0.317 e. The molecule has 110 valence electrons. The highest BCUT2D eigenvalue weighted by molar-refractivity contribution is 6.35. The molecule has 5 nitrogen and oxygen atoms in total. The molecule has 20 heavy (non-hydrogen) atoms. The Labute approximate surface area is 124 Å². The average Bonchev–Trinajstić information content (AvgIpc) is 2.31. The minimum atomic E-state index is -1.19. The molecule has 0 aliphatic carbocycles. The Bertz CT molecular complexity index is 522. The summed E-state index contributed by atoms with van der Waals surface area (Å²) in [5.41, 5.74) is 0.274. The van der Waals surface area contributed by atoms with E-state index in [1.807, 2.05) is 0 Å². The SMILES string of the molecule is CC(c1cc(F)c(Cl)cc1Cl)N(CC(=O)O)CC(=O)O. The van der Waals surface area contributed by atoms with Crippen LogP contribution in [0.2, 0.25) is 10.0 Å². The zero-order valence-electron chi connectivity index (χ0n) is 10.4. The highest BCUT2D eigenvalue weighted by atomic mass is 35.5. The van der Waals surface area contributed by atoms with Crippen molar-refractivity contribution in [1.82, 2.24) is 4.90 Å². The first kappa shape index (κ1) is 16.7. The van der Waals surface area contributed by atoms with E-state index in [2.05, 4.69) is 0 Å². The van der Waals surface area contributed by atoms with Gasteiger partial charge in [0.1, 0.15) is 5.82 Å². The summed E-state index contributed by atoms with van der Waals surface area (Å²) in [7, 11) is 0. The number of nitrogens with zero attached hydrogens (tertiary/aromatic N) is 1. The Kier molecular flexibility index (Phi) is 5.74. The summed E-state index contributed by atoms with van der Waals surface area (Å²) in [4.78, 5) is 22.7. The van der Waals surface area contributed by atoms with Gasteiger partial charge in [0, 0.05) is 11.1 Å². The fourth-order valence-corrected chi connectivity index (χ4v) is 2.27. The van der Waals surface area contributed by atoms with Crippen LogP contribution in [-0.4, -0.2) is 40.1 Å². The molecule has 0 saturated heterocycles. The van der Waals surface area contributed by atoms with E-state index in [0.717, 1.165) is 11.0 Å². The Balaban J connectivity index is 3.10. The third-order valence-corrected chi connectivity index (χ3v) is 3.33. The number of carbonyl (C=O) groups is 2. The number of benzene rings is 1. The molecule has 1 rings (SSSR count). The number of aliphatic carboxylic acids is 2. The zero-order chi connectivity index (χ0) is 15.4. The van der Waals surface area contributed by atoms with Crippen LogP contribution in [0.25, 0.3) is 0 Å². The molecule has 0 bridgehead atoms. The molecule has 0 amide bonds. The lowest BCUT2D eigenvalue weighted by Gasteiger charge is -2.27. The molecule has 0 aliphatic heterocycles. The van der Waals surface area contributed by atoms with E-state index in [9.17, 15) is 14.0 Å². The van der Waals surface area contributed by atoms with E-state index in [1.54, 1.807) is 6.92 Å². The second-order valence-electron chi connectivity index (χ2n) is 4.16. The number of halogens is 3. The van der Waals surface area contributed by atoms with Crippen molar-refractivity contribution in [3.63, 3.8) is 0 Å². The van der Waals surface area contributed by atoms with Gasteiger partial charge in [0.25, 0.3) is 0 Å². The molecule has 1 aromatic rings. The van der Waals surface area contributed by atoms with Gasteiger partial charge in [-0.3, -0.25) is 14.5 Å². The number of rotatable bonds is 6. The molecular formula is C12H12Cl2FNO4. The maximum atomic E-state index is 13.5. The van der Waals surface area contributed by atoms with E-state index >= 15 is 0 Å². The summed E-state index contributed by atoms with van der Waals surface area (Å²) in [6.45, 7) is 0.530. The van der Waals surface area contributed by atoms with Crippen LogP contribution in [0, 0.1) is 5.82 Å². The first-order valence-electron chi connectivity index (χ1n) is 5.54. The molecule has 0 fully saturated rings. The van der Waals surface area contributed by atoms with Gasteiger partial charge >= 0.3 is 11.9 Å². The van der Waals surface area contributed by atoms with Crippen molar-refractivity contribution in [3.8, 4) is 0 Å². The molecule has 1 aromatic carbocycles. The largest absolute Gasteiger partial charge is 0.480 e. The van der Waals surface area contributed by atoms with Crippen LogP contribution < -0.4 is 0 Å². The summed E-state index contributed by atoms with van der Waals surface area (Å²) < 4.78 is 13.5. The lowest BCUT2D eigenvalue weighted by molar-refractivity contribution is -0.142. The van der Waals surface area contributed by atoms with Gasteiger partial charge in [-0.2, -0.15) is 0 Å². The van der Waals surface area contributed by atoms with E-state index in [-0.39, 0.29) is 15.6 Å². The fourth-order valence-electron chi connectivity index (χ4n) is 1.73. The number of hydrogen-bond acceptors (Lipinski definition) is 3. The van der Waals surface area contributed by atoms with Gasteiger partial charge in [-0.15, -0.1) is 0 Å². The minimum Gasteiger partial charge on any atom is -0.480 e. The summed E-state index contributed by atoms with van der Waals surface area (Å²) in [6, 6.07) is 1.58. The van der Waals surface area contributed by atoms with Crippen molar-refractivity contribution >= 4 is 35.1 Å². The molecule has 0 heterocycles. The van der Waals surface area contributed by atoms with Crippen LogP contribution in [0.1, 0.15) is 18.5 Å². The Hall–Kier alpha value is -1.37. The molecule has 1 unspecified atom stereocenters. The lowest BCUT2D eigenvalue weighted by atomic mass is 10.1. The molecule has 2 N–H and O–H groups in total. The van der Waals surface area contributed by atoms with E-state index in [4.69, 9.17) is 33.4 Å². The van der Waals surface area contributed by atoms with Gasteiger partial charge < -0.3 is 10.2 Å². The molecular weight excluding hydrogens is 312 g/mol. The van der Waals surface area contributed by atoms with Gasteiger partial charge in [0.15, 0.2) is 0 Å². The highest BCUT2D eigenvalue weighted by Crippen LogP contribution is 2.31. The topological polar surface area (TPSA) is 77.8 Å². The van der Waals surface area contributed by atoms with Crippen molar-refractivity contribution in [1.29, 1.82) is 0 Å². The summed E-state index contributed by atoms with van der Waals surface area (Å²) >= 11 is 11.5. The molecule has 0 radical (unpaired) electrons. The van der Waals surface area contributed by atoms with Crippen molar-refractivity contribution < 1.29 is 24.2 Å². The number of carboxylic acids is 2. The van der Waals surface area contributed by atoms with Crippen molar-refractivity contribution in [2.45, 2.75) is 13.0 Å².